The van der Waals surface area contributed by atoms with Crippen LogP contribution in [-0.2, 0) is 14.3 Å². The number of allylic oxidation sites excluding steroid dienone is 5. The molecular formula is C53H99NO9. The van der Waals surface area contributed by atoms with Gasteiger partial charge in [0.2, 0.25) is 5.91 Å². The molecule has 0 radical (unpaired) electrons. The van der Waals surface area contributed by atoms with Gasteiger partial charge >= 0.3 is 0 Å². The Morgan fingerprint density at radius 3 is 1.41 bits per heavy atom. The van der Waals surface area contributed by atoms with E-state index >= 15 is 0 Å². The van der Waals surface area contributed by atoms with Gasteiger partial charge in [-0.3, -0.25) is 4.79 Å². The van der Waals surface area contributed by atoms with Gasteiger partial charge in [0.15, 0.2) is 6.29 Å². The molecule has 7 N–H and O–H groups in total. The van der Waals surface area contributed by atoms with E-state index < -0.39 is 61.5 Å². The number of amides is 1. The maximum atomic E-state index is 13.1. The number of rotatable bonds is 44. The van der Waals surface area contributed by atoms with E-state index in [0.717, 1.165) is 44.9 Å². The summed E-state index contributed by atoms with van der Waals surface area (Å²) in [6.45, 7) is 3.60. The third-order valence-electron chi connectivity index (χ3n) is 12.6. The van der Waals surface area contributed by atoms with Crippen molar-refractivity contribution in [2.75, 3.05) is 13.2 Å². The molecule has 1 rings (SSSR count). The summed E-state index contributed by atoms with van der Waals surface area (Å²) in [4.78, 5) is 13.1. The zero-order valence-electron chi connectivity index (χ0n) is 40.4. The van der Waals surface area contributed by atoms with Gasteiger partial charge in [-0.1, -0.05) is 217 Å². The first kappa shape index (κ1) is 59.4. The van der Waals surface area contributed by atoms with Crippen LogP contribution in [0.3, 0.4) is 0 Å². The quantitative estimate of drug-likeness (QED) is 0.0232. The highest BCUT2D eigenvalue weighted by atomic mass is 16.7. The lowest BCUT2D eigenvalue weighted by atomic mass is 9.99. The Hall–Kier alpha value is -1.63. The number of carbonyl (C=O) groups is 1. The molecule has 0 aromatic heterocycles. The summed E-state index contributed by atoms with van der Waals surface area (Å²) in [6, 6.07) is -0.980. The van der Waals surface area contributed by atoms with Gasteiger partial charge in [0, 0.05) is 0 Å². The number of hydrogen-bond donors (Lipinski definition) is 7. The van der Waals surface area contributed by atoms with Crippen LogP contribution in [0.5, 0.6) is 0 Å². The average Bonchev–Trinajstić information content (AvgIpc) is 3.28. The summed E-state index contributed by atoms with van der Waals surface area (Å²) < 4.78 is 11.1. The van der Waals surface area contributed by atoms with Gasteiger partial charge in [0.05, 0.1) is 25.4 Å². The molecule has 8 unspecified atom stereocenters. The highest BCUT2D eigenvalue weighted by Crippen LogP contribution is 2.23. The van der Waals surface area contributed by atoms with Crippen molar-refractivity contribution in [2.24, 2.45) is 0 Å². The minimum absolute atomic E-state index is 0.306. The second-order valence-electron chi connectivity index (χ2n) is 18.5. The van der Waals surface area contributed by atoms with Crippen LogP contribution in [0.25, 0.3) is 0 Å². The van der Waals surface area contributed by atoms with Crippen LogP contribution in [-0.4, -0.2) is 98.7 Å². The minimum Gasteiger partial charge on any atom is -0.394 e. The Balaban J connectivity index is 2.26. The molecule has 0 saturated carbocycles. The van der Waals surface area contributed by atoms with Gasteiger partial charge in [-0.2, -0.15) is 0 Å². The summed E-state index contributed by atoms with van der Waals surface area (Å²) >= 11 is 0. The predicted molar refractivity (Wildman–Crippen MR) is 259 cm³/mol. The Labute approximate surface area is 385 Å². The fourth-order valence-electron chi connectivity index (χ4n) is 8.25. The number of unbranched alkanes of at least 4 members (excludes halogenated alkanes) is 29. The summed E-state index contributed by atoms with van der Waals surface area (Å²) in [5.74, 6) is -0.619. The lowest BCUT2D eigenvalue weighted by Crippen LogP contribution is -2.60. The third-order valence-corrected chi connectivity index (χ3v) is 12.6. The van der Waals surface area contributed by atoms with Gasteiger partial charge in [-0.15, -0.1) is 0 Å². The highest BCUT2D eigenvalue weighted by Gasteiger charge is 2.44. The van der Waals surface area contributed by atoms with Crippen molar-refractivity contribution >= 4 is 5.91 Å². The van der Waals surface area contributed by atoms with E-state index in [-0.39, 0.29) is 6.61 Å². The first-order valence-corrected chi connectivity index (χ1v) is 26.3. The van der Waals surface area contributed by atoms with E-state index in [1.807, 2.05) is 6.08 Å². The van der Waals surface area contributed by atoms with Crippen LogP contribution in [0.15, 0.2) is 36.5 Å². The van der Waals surface area contributed by atoms with Crippen molar-refractivity contribution < 1.29 is 44.9 Å². The summed E-state index contributed by atoms with van der Waals surface area (Å²) in [5.41, 5.74) is 0. The molecule has 1 heterocycles. The minimum atomic E-state index is -1.61. The average molecular weight is 894 g/mol. The first-order valence-electron chi connectivity index (χ1n) is 26.3. The number of carbonyl (C=O) groups excluding carboxylic acids is 1. The lowest BCUT2D eigenvalue weighted by Gasteiger charge is -2.40. The normalized spacial score (nSPS) is 20.9. The molecular weight excluding hydrogens is 795 g/mol. The van der Waals surface area contributed by atoms with Crippen LogP contribution >= 0.6 is 0 Å². The molecule has 8 atom stereocenters. The Kier molecular flexibility index (Phi) is 40.5. The van der Waals surface area contributed by atoms with Crippen LogP contribution in [0.1, 0.15) is 232 Å². The molecule has 1 aliphatic rings. The third kappa shape index (κ3) is 32.7. The van der Waals surface area contributed by atoms with Crippen LogP contribution in [0, 0.1) is 0 Å². The molecule has 63 heavy (non-hydrogen) atoms. The van der Waals surface area contributed by atoms with Crippen molar-refractivity contribution in [1.29, 1.82) is 0 Å². The molecule has 10 nitrogen and oxygen atoms in total. The fourth-order valence-corrected chi connectivity index (χ4v) is 8.25. The number of nitrogens with one attached hydrogen (secondary N) is 1. The number of aliphatic hydroxyl groups excluding tert-OH is 6. The predicted octanol–water partition coefficient (Wildman–Crippen LogP) is 11.0. The van der Waals surface area contributed by atoms with Crippen molar-refractivity contribution in [2.45, 2.75) is 281 Å². The van der Waals surface area contributed by atoms with Gasteiger partial charge in [-0.05, 0) is 51.4 Å². The molecule has 370 valence electrons. The molecule has 1 fully saturated rings. The van der Waals surface area contributed by atoms with E-state index in [9.17, 15) is 35.4 Å². The molecule has 0 bridgehead atoms. The van der Waals surface area contributed by atoms with Gasteiger partial charge < -0.3 is 45.4 Å². The molecule has 10 heteroatoms. The SMILES string of the molecule is CCCCCCCCCCC/C=C\C/C=C\CCCCCCCCCCCCC(O)C(=O)NC(COC1OC(CO)C(O)C(O)C1O)C(O)/C=C/CCCCCCCCCCCC. The van der Waals surface area contributed by atoms with E-state index in [1.54, 1.807) is 6.08 Å². The zero-order chi connectivity index (χ0) is 46.0. The molecule has 1 amide bonds. The van der Waals surface area contributed by atoms with Gasteiger partial charge in [0.1, 0.15) is 30.5 Å². The van der Waals surface area contributed by atoms with E-state index in [0.29, 0.717) is 12.8 Å². The molecule has 0 spiro atoms. The lowest BCUT2D eigenvalue weighted by molar-refractivity contribution is -0.302. The molecule has 0 aromatic rings. The van der Waals surface area contributed by atoms with Crippen LogP contribution in [0.2, 0.25) is 0 Å². The number of ether oxygens (including phenoxy) is 2. The Morgan fingerprint density at radius 2 is 0.968 bits per heavy atom. The molecule has 1 aliphatic heterocycles. The molecule has 0 aliphatic carbocycles. The van der Waals surface area contributed by atoms with Crippen LogP contribution < -0.4 is 5.32 Å². The van der Waals surface area contributed by atoms with Gasteiger partial charge in [-0.25, -0.2) is 0 Å². The summed E-state index contributed by atoms with van der Waals surface area (Å²) in [7, 11) is 0. The highest BCUT2D eigenvalue weighted by molar-refractivity contribution is 5.80. The standard InChI is InChI=1S/C53H99NO9/c1-3-5-7-9-11-13-15-17-18-19-20-21-22-23-24-25-26-27-28-29-30-32-34-36-38-40-42-47(57)52(61)54-45(44-62-53-51(60)50(59)49(58)48(43-55)63-53)46(56)41-39-37-35-33-31-16-14-12-10-8-6-4-2/h20-21,23-24,39,41,45-51,53,55-60H,3-19,22,25-38,40,42-44H2,1-2H3,(H,54,61)/b21-20-,24-23-,41-39+. The number of hydrogen-bond acceptors (Lipinski definition) is 9. The second kappa shape index (κ2) is 43.0. The number of aliphatic hydroxyl groups is 6. The van der Waals surface area contributed by atoms with Crippen molar-refractivity contribution in [3.05, 3.63) is 36.5 Å². The fraction of sp³-hybridized carbons (Fsp3) is 0.868. The molecule has 1 saturated heterocycles. The van der Waals surface area contributed by atoms with Crippen LogP contribution in [0.4, 0.5) is 0 Å². The summed E-state index contributed by atoms with van der Waals surface area (Å²) in [5, 5.41) is 64.8. The second-order valence-corrected chi connectivity index (χ2v) is 18.5. The first-order chi connectivity index (χ1) is 30.8. The largest absolute Gasteiger partial charge is 0.394 e. The van der Waals surface area contributed by atoms with Gasteiger partial charge in [0.25, 0.3) is 0 Å². The molecule has 0 aromatic carbocycles. The van der Waals surface area contributed by atoms with Crippen molar-refractivity contribution in [1.82, 2.24) is 5.32 Å². The maximum absolute atomic E-state index is 13.1. The van der Waals surface area contributed by atoms with Crippen molar-refractivity contribution in [3.63, 3.8) is 0 Å². The summed E-state index contributed by atoms with van der Waals surface area (Å²) in [6.07, 6.45) is 43.9. The van der Waals surface area contributed by atoms with E-state index in [1.165, 1.54) is 161 Å². The van der Waals surface area contributed by atoms with E-state index in [2.05, 4.69) is 43.5 Å². The monoisotopic (exact) mass is 894 g/mol. The van der Waals surface area contributed by atoms with E-state index in [4.69, 9.17) is 9.47 Å². The Morgan fingerprint density at radius 1 is 0.556 bits per heavy atom. The van der Waals surface area contributed by atoms with Crippen molar-refractivity contribution in [3.8, 4) is 0 Å². The Bertz CT molecular complexity index is 1100. The topological polar surface area (TPSA) is 169 Å². The zero-order valence-corrected chi connectivity index (χ0v) is 40.4. The maximum Gasteiger partial charge on any atom is 0.249 e. The smallest absolute Gasteiger partial charge is 0.249 e.